The van der Waals surface area contributed by atoms with Crippen molar-refractivity contribution in [2.75, 3.05) is 5.73 Å². The molecule has 0 bridgehead atoms. The average Bonchev–Trinajstić information content (AvgIpc) is 2.44. The molecule has 1 heterocycles. The Bertz CT molecular complexity index is 740. The first-order valence-corrected chi connectivity index (χ1v) is 6.18. The van der Waals surface area contributed by atoms with Crippen molar-refractivity contribution in [2.45, 2.75) is 13.8 Å². The third-order valence-electron chi connectivity index (χ3n) is 2.93. The first kappa shape index (κ1) is 14.3. The van der Waals surface area contributed by atoms with E-state index in [4.69, 9.17) is 21.5 Å². The Morgan fingerprint density at radius 3 is 2.43 bits per heavy atom. The van der Waals surface area contributed by atoms with Gasteiger partial charge in [0.15, 0.2) is 0 Å². The predicted octanol–water partition coefficient (Wildman–Crippen LogP) is 2.04. The molecule has 0 aliphatic rings. The zero-order valence-corrected chi connectivity index (χ0v) is 11.7. The molecule has 0 unspecified atom stereocenters. The number of ether oxygens (including phenoxy) is 1. The van der Waals surface area contributed by atoms with E-state index in [1.807, 2.05) is 13.8 Å². The molecular weight excluding hydrogens is 268 g/mol. The zero-order valence-electron chi connectivity index (χ0n) is 11.7. The lowest BCUT2D eigenvalue weighted by Gasteiger charge is -2.13. The number of pyridine rings is 1. The van der Waals surface area contributed by atoms with Crippen molar-refractivity contribution in [3.8, 4) is 17.7 Å². The van der Waals surface area contributed by atoms with Gasteiger partial charge in [-0.25, -0.2) is 4.98 Å². The monoisotopic (exact) mass is 282 g/mol. The van der Waals surface area contributed by atoms with Crippen molar-refractivity contribution < 1.29 is 9.53 Å². The third-order valence-corrected chi connectivity index (χ3v) is 2.93. The summed E-state index contributed by atoms with van der Waals surface area (Å²) in [6, 6.07) is 8.43. The molecule has 0 aliphatic carbocycles. The number of aryl methyl sites for hydroxylation is 2. The number of carbonyl (C=O) groups is 1. The van der Waals surface area contributed by atoms with Crippen LogP contribution in [0.2, 0.25) is 0 Å². The van der Waals surface area contributed by atoms with E-state index in [0.29, 0.717) is 17.0 Å². The number of rotatable bonds is 3. The number of hydrogen-bond donors (Lipinski definition) is 2. The Labute approximate surface area is 122 Å². The molecule has 6 nitrogen and oxygen atoms in total. The molecular formula is C15H14N4O2. The van der Waals surface area contributed by atoms with Gasteiger partial charge in [-0.1, -0.05) is 0 Å². The van der Waals surface area contributed by atoms with Crippen LogP contribution in [0.4, 0.5) is 5.69 Å². The van der Waals surface area contributed by atoms with Crippen LogP contribution >= 0.6 is 0 Å². The van der Waals surface area contributed by atoms with Gasteiger partial charge in [0.2, 0.25) is 5.88 Å². The summed E-state index contributed by atoms with van der Waals surface area (Å²) in [6.45, 7) is 3.63. The van der Waals surface area contributed by atoms with Crippen LogP contribution in [-0.2, 0) is 0 Å². The summed E-state index contributed by atoms with van der Waals surface area (Å²) in [6.07, 6.45) is 0. The SMILES string of the molecule is Cc1cc(C#N)cc(C)c1Oc1nc(C(N)=O)ccc1N. The first-order valence-electron chi connectivity index (χ1n) is 6.18. The molecule has 2 rings (SSSR count). The maximum Gasteiger partial charge on any atom is 0.267 e. The topological polar surface area (TPSA) is 115 Å². The van der Waals surface area contributed by atoms with Crippen LogP contribution < -0.4 is 16.2 Å². The Hall–Kier alpha value is -3.07. The van der Waals surface area contributed by atoms with E-state index in [2.05, 4.69) is 11.1 Å². The van der Waals surface area contributed by atoms with Gasteiger partial charge < -0.3 is 16.2 Å². The maximum atomic E-state index is 11.2. The molecule has 0 spiro atoms. The highest BCUT2D eigenvalue weighted by atomic mass is 16.5. The number of anilines is 1. The fourth-order valence-corrected chi connectivity index (χ4v) is 1.94. The lowest BCUT2D eigenvalue weighted by atomic mass is 10.1. The summed E-state index contributed by atoms with van der Waals surface area (Å²) in [5, 5.41) is 8.93. The smallest absolute Gasteiger partial charge is 0.267 e. The fraction of sp³-hybridized carbons (Fsp3) is 0.133. The number of aromatic nitrogens is 1. The van der Waals surface area contributed by atoms with Crippen molar-refractivity contribution in [3.63, 3.8) is 0 Å². The van der Waals surface area contributed by atoms with Crippen molar-refractivity contribution in [1.29, 1.82) is 5.26 Å². The predicted molar refractivity (Wildman–Crippen MR) is 77.9 cm³/mol. The standard InChI is InChI=1S/C15H14N4O2/c1-8-5-10(7-16)6-9(2)13(8)21-15-11(17)3-4-12(19-15)14(18)20/h3-6H,17H2,1-2H3,(H2,18,20). The van der Waals surface area contributed by atoms with Crippen LogP contribution in [0.3, 0.4) is 0 Å². The second-order valence-electron chi connectivity index (χ2n) is 4.61. The highest BCUT2D eigenvalue weighted by molar-refractivity contribution is 5.91. The maximum absolute atomic E-state index is 11.2. The molecule has 6 heteroatoms. The Balaban J connectivity index is 2.46. The Kier molecular flexibility index (Phi) is 3.76. The highest BCUT2D eigenvalue weighted by Crippen LogP contribution is 2.31. The average molecular weight is 282 g/mol. The number of nitrogens with two attached hydrogens (primary N) is 2. The number of nitrogen functional groups attached to an aromatic ring is 1. The summed E-state index contributed by atoms with van der Waals surface area (Å²) in [5.74, 6) is 0.00477. The quantitative estimate of drug-likeness (QED) is 0.893. The molecule has 0 aliphatic heterocycles. The van der Waals surface area contributed by atoms with Gasteiger partial charge in [-0.2, -0.15) is 5.26 Å². The van der Waals surface area contributed by atoms with Crippen LogP contribution in [-0.4, -0.2) is 10.9 Å². The van der Waals surface area contributed by atoms with Crippen LogP contribution in [0.25, 0.3) is 0 Å². The van der Waals surface area contributed by atoms with Gasteiger partial charge in [-0.15, -0.1) is 0 Å². The molecule has 0 fully saturated rings. The molecule has 21 heavy (non-hydrogen) atoms. The molecule has 1 amide bonds. The zero-order chi connectivity index (χ0) is 15.6. The second-order valence-corrected chi connectivity index (χ2v) is 4.61. The normalized spacial score (nSPS) is 9.95. The molecule has 1 aromatic heterocycles. The minimum atomic E-state index is -0.659. The van der Waals surface area contributed by atoms with E-state index < -0.39 is 5.91 Å². The van der Waals surface area contributed by atoms with Crippen molar-refractivity contribution in [2.24, 2.45) is 5.73 Å². The lowest BCUT2D eigenvalue weighted by Crippen LogP contribution is -2.13. The van der Waals surface area contributed by atoms with Crippen molar-refractivity contribution in [1.82, 2.24) is 4.98 Å². The number of primary amides is 1. The largest absolute Gasteiger partial charge is 0.437 e. The van der Waals surface area contributed by atoms with Crippen molar-refractivity contribution in [3.05, 3.63) is 46.6 Å². The summed E-state index contributed by atoms with van der Waals surface area (Å²) < 4.78 is 5.71. The summed E-state index contributed by atoms with van der Waals surface area (Å²) in [4.78, 5) is 15.2. The van der Waals surface area contributed by atoms with Gasteiger partial charge in [0, 0.05) is 0 Å². The highest BCUT2D eigenvalue weighted by Gasteiger charge is 2.13. The number of nitriles is 1. The van der Waals surface area contributed by atoms with Gasteiger partial charge >= 0.3 is 0 Å². The Morgan fingerprint density at radius 1 is 1.29 bits per heavy atom. The number of nitrogens with zero attached hydrogens (tertiary/aromatic N) is 2. The summed E-state index contributed by atoms with van der Waals surface area (Å²) in [7, 11) is 0. The molecule has 2 aromatic rings. The molecule has 0 atom stereocenters. The number of hydrogen-bond acceptors (Lipinski definition) is 5. The van der Waals surface area contributed by atoms with Crippen molar-refractivity contribution >= 4 is 11.6 Å². The molecule has 0 saturated heterocycles. The fourth-order valence-electron chi connectivity index (χ4n) is 1.94. The van der Waals surface area contributed by atoms with Gasteiger partial charge in [-0.3, -0.25) is 4.79 Å². The van der Waals surface area contributed by atoms with E-state index in [1.165, 1.54) is 12.1 Å². The third kappa shape index (κ3) is 2.92. The number of carbonyl (C=O) groups excluding carboxylic acids is 1. The number of amides is 1. The van der Waals surface area contributed by atoms with Crippen LogP contribution in [0.5, 0.6) is 11.6 Å². The number of benzene rings is 1. The van der Waals surface area contributed by atoms with Crippen LogP contribution in [0.15, 0.2) is 24.3 Å². The van der Waals surface area contributed by atoms with Crippen LogP contribution in [0, 0.1) is 25.2 Å². The molecule has 0 radical (unpaired) electrons. The van der Waals surface area contributed by atoms with Gasteiger partial charge in [0.25, 0.3) is 5.91 Å². The van der Waals surface area contributed by atoms with E-state index >= 15 is 0 Å². The molecule has 0 saturated carbocycles. The second kappa shape index (κ2) is 5.51. The van der Waals surface area contributed by atoms with E-state index in [-0.39, 0.29) is 11.6 Å². The minimum absolute atomic E-state index is 0.0724. The Morgan fingerprint density at radius 2 is 1.90 bits per heavy atom. The first-order chi connectivity index (χ1) is 9.92. The summed E-state index contributed by atoms with van der Waals surface area (Å²) in [5.41, 5.74) is 13.5. The van der Waals surface area contributed by atoms with Crippen LogP contribution in [0.1, 0.15) is 27.2 Å². The molecule has 4 N–H and O–H groups in total. The van der Waals surface area contributed by atoms with Gasteiger partial charge in [0.1, 0.15) is 11.4 Å². The van der Waals surface area contributed by atoms with Gasteiger partial charge in [-0.05, 0) is 49.2 Å². The van der Waals surface area contributed by atoms with E-state index in [1.54, 1.807) is 12.1 Å². The molecule has 106 valence electrons. The van der Waals surface area contributed by atoms with E-state index in [0.717, 1.165) is 11.1 Å². The van der Waals surface area contributed by atoms with Gasteiger partial charge in [0.05, 0.1) is 17.3 Å². The summed E-state index contributed by atoms with van der Waals surface area (Å²) >= 11 is 0. The lowest BCUT2D eigenvalue weighted by molar-refractivity contribution is 0.0995. The van der Waals surface area contributed by atoms with E-state index in [9.17, 15) is 4.79 Å². The minimum Gasteiger partial charge on any atom is -0.437 e. The molecule has 1 aromatic carbocycles.